The fourth-order valence-corrected chi connectivity index (χ4v) is 3.76. The van der Waals surface area contributed by atoms with Crippen LogP contribution in [0.25, 0.3) is 0 Å². The summed E-state index contributed by atoms with van der Waals surface area (Å²) < 4.78 is 44.9. The van der Waals surface area contributed by atoms with Crippen LogP contribution in [0.1, 0.15) is 28.3 Å². The molecule has 190 valence electrons. The van der Waals surface area contributed by atoms with Crippen LogP contribution in [0.2, 0.25) is 5.02 Å². The second-order valence-electron chi connectivity index (χ2n) is 7.76. The molecule has 1 aliphatic heterocycles. The van der Waals surface area contributed by atoms with Crippen LogP contribution in [0.3, 0.4) is 0 Å². The third-order valence-corrected chi connectivity index (χ3v) is 5.65. The van der Waals surface area contributed by atoms with E-state index in [9.17, 15) is 27.6 Å². The summed E-state index contributed by atoms with van der Waals surface area (Å²) in [7, 11) is 1.42. The van der Waals surface area contributed by atoms with Crippen molar-refractivity contribution >= 4 is 29.1 Å². The topological polar surface area (TPSA) is 108 Å². The zero-order chi connectivity index (χ0) is 26.4. The largest absolute Gasteiger partial charge is 0.497 e. The van der Waals surface area contributed by atoms with E-state index in [1.54, 1.807) is 30.3 Å². The molecule has 12 heteroatoms. The Hall–Kier alpha value is -3.86. The minimum absolute atomic E-state index is 0.0137. The number of carbonyl (C=O) groups is 2. The van der Waals surface area contributed by atoms with Crippen molar-refractivity contribution in [1.29, 1.82) is 0 Å². The predicted molar refractivity (Wildman–Crippen MR) is 127 cm³/mol. The maximum absolute atomic E-state index is 14.3. The molecule has 1 aromatic heterocycles. The van der Waals surface area contributed by atoms with E-state index in [-0.39, 0.29) is 24.6 Å². The van der Waals surface area contributed by atoms with Gasteiger partial charge in [-0.05, 0) is 42.0 Å². The Morgan fingerprint density at radius 1 is 1.19 bits per heavy atom. The molecule has 1 saturated heterocycles. The van der Waals surface area contributed by atoms with Gasteiger partial charge in [-0.25, -0.2) is 17.9 Å². The fraction of sp³-hybridized carbons (Fsp3) is 0.250. The number of anilines is 1. The number of benzene rings is 2. The number of amides is 2. The van der Waals surface area contributed by atoms with Crippen molar-refractivity contribution in [3.63, 3.8) is 0 Å². The number of aromatic nitrogens is 2. The predicted octanol–water partition coefficient (Wildman–Crippen LogP) is 3.62. The number of alkyl halides is 2. The molecule has 1 fully saturated rings. The van der Waals surface area contributed by atoms with E-state index in [1.165, 1.54) is 36.4 Å². The molecule has 2 aromatic carbocycles. The van der Waals surface area contributed by atoms with Crippen LogP contribution >= 0.6 is 11.6 Å². The standard InChI is InChI=1S/C17H16F3N3O3.C7H6ClNO/c1-26-11-2-3-12(13(18)7-11)10-6-16(24)22(8-10)14-4-5-21-23(17(14)25)9-15(19)20;8-6-3-1-5(2-4-6)7(9)10/h2-5,7,10,15H,6,8-9H2,1H3;1-4H,(H2,9,10). The summed E-state index contributed by atoms with van der Waals surface area (Å²) in [6.07, 6.45) is -1.54. The monoisotopic (exact) mass is 522 g/mol. The molecule has 1 atom stereocenters. The van der Waals surface area contributed by atoms with Crippen LogP contribution in [0.15, 0.2) is 59.5 Å². The Kier molecular flexibility index (Phi) is 8.70. The third-order valence-electron chi connectivity index (χ3n) is 5.39. The smallest absolute Gasteiger partial charge is 0.290 e. The highest BCUT2D eigenvalue weighted by molar-refractivity contribution is 6.30. The Morgan fingerprint density at radius 3 is 2.47 bits per heavy atom. The van der Waals surface area contributed by atoms with Crippen LogP contribution in [-0.2, 0) is 11.3 Å². The molecule has 36 heavy (non-hydrogen) atoms. The molecule has 0 bridgehead atoms. The lowest BCUT2D eigenvalue weighted by Crippen LogP contribution is -2.35. The molecule has 4 rings (SSSR count). The number of methoxy groups -OCH3 is 1. The molecule has 3 aromatic rings. The third kappa shape index (κ3) is 6.42. The highest BCUT2D eigenvalue weighted by atomic mass is 35.5. The summed E-state index contributed by atoms with van der Waals surface area (Å²) >= 11 is 5.56. The number of hydrogen-bond acceptors (Lipinski definition) is 5. The van der Waals surface area contributed by atoms with E-state index < -0.39 is 36.2 Å². The highest BCUT2D eigenvalue weighted by Crippen LogP contribution is 2.33. The van der Waals surface area contributed by atoms with Gasteiger partial charge in [0.05, 0.1) is 7.11 Å². The lowest BCUT2D eigenvalue weighted by atomic mass is 9.97. The lowest BCUT2D eigenvalue weighted by Gasteiger charge is -2.17. The minimum Gasteiger partial charge on any atom is -0.497 e. The molecule has 0 aliphatic carbocycles. The average Bonchev–Trinajstić information content (AvgIpc) is 3.21. The van der Waals surface area contributed by atoms with E-state index in [0.29, 0.717) is 26.6 Å². The number of nitrogens with zero attached hydrogens (tertiary/aromatic N) is 3. The molecule has 1 unspecified atom stereocenters. The summed E-state index contributed by atoms with van der Waals surface area (Å²) in [5, 5.41) is 4.20. The van der Waals surface area contributed by atoms with Gasteiger partial charge in [0.25, 0.3) is 12.0 Å². The molecule has 0 spiro atoms. The first-order valence-electron chi connectivity index (χ1n) is 10.6. The quantitative estimate of drug-likeness (QED) is 0.532. The van der Waals surface area contributed by atoms with Gasteiger partial charge in [0.15, 0.2) is 0 Å². The van der Waals surface area contributed by atoms with Crippen molar-refractivity contribution in [1.82, 2.24) is 9.78 Å². The van der Waals surface area contributed by atoms with Crippen molar-refractivity contribution in [3.8, 4) is 5.75 Å². The summed E-state index contributed by atoms with van der Waals surface area (Å²) in [5.74, 6) is -1.41. The van der Waals surface area contributed by atoms with Crippen LogP contribution in [-0.4, -0.2) is 41.7 Å². The molecular weight excluding hydrogens is 501 g/mol. The summed E-state index contributed by atoms with van der Waals surface area (Å²) in [6.45, 7) is -0.777. The molecule has 2 amide bonds. The SMILES string of the molecule is COc1ccc(C2CC(=O)N(c3ccnn(CC(F)F)c3=O)C2)c(F)c1.NC(=O)c1ccc(Cl)cc1. The number of rotatable bonds is 6. The van der Waals surface area contributed by atoms with Crippen molar-refractivity contribution in [2.75, 3.05) is 18.6 Å². The van der Waals surface area contributed by atoms with Gasteiger partial charge in [0, 0.05) is 41.7 Å². The van der Waals surface area contributed by atoms with Gasteiger partial charge in [0.1, 0.15) is 23.8 Å². The molecule has 8 nitrogen and oxygen atoms in total. The zero-order valence-corrected chi connectivity index (χ0v) is 19.8. The van der Waals surface area contributed by atoms with Crippen molar-refractivity contribution < 1.29 is 27.5 Å². The number of carbonyl (C=O) groups excluding carboxylic acids is 2. The van der Waals surface area contributed by atoms with E-state index in [0.717, 1.165) is 0 Å². The maximum Gasteiger partial charge on any atom is 0.290 e. The van der Waals surface area contributed by atoms with Crippen LogP contribution in [0.4, 0.5) is 18.9 Å². The minimum atomic E-state index is -2.74. The van der Waals surface area contributed by atoms with E-state index in [1.807, 2.05) is 0 Å². The first kappa shape index (κ1) is 26.7. The summed E-state index contributed by atoms with van der Waals surface area (Å²) in [5.41, 5.74) is 4.97. The highest BCUT2D eigenvalue weighted by Gasteiger charge is 2.34. The van der Waals surface area contributed by atoms with Crippen molar-refractivity contribution in [3.05, 3.63) is 87.0 Å². The van der Waals surface area contributed by atoms with E-state index >= 15 is 0 Å². The average molecular weight is 523 g/mol. The molecule has 0 radical (unpaired) electrons. The van der Waals surface area contributed by atoms with E-state index in [4.69, 9.17) is 22.1 Å². The van der Waals surface area contributed by atoms with Crippen molar-refractivity contribution in [2.24, 2.45) is 5.73 Å². The van der Waals surface area contributed by atoms with Gasteiger partial charge >= 0.3 is 0 Å². The van der Waals surface area contributed by atoms with E-state index in [2.05, 4.69) is 5.10 Å². The Labute approximate surface area is 209 Å². The van der Waals surface area contributed by atoms with Gasteiger partial charge in [-0.15, -0.1) is 0 Å². The first-order valence-corrected chi connectivity index (χ1v) is 11.0. The number of primary amides is 1. The number of ether oxygens (including phenoxy) is 1. The Morgan fingerprint density at radius 2 is 1.89 bits per heavy atom. The van der Waals surface area contributed by atoms with Crippen LogP contribution < -0.4 is 20.9 Å². The van der Waals surface area contributed by atoms with Gasteiger partial charge < -0.3 is 15.4 Å². The zero-order valence-electron chi connectivity index (χ0n) is 19.0. The molecule has 0 saturated carbocycles. The van der Waals surface area contributed by atoms with Crippen LogP contribution in [0.5, 0.6) is 5.75 Å². The second-order valence-corrected chi connectivity index (χ2v) is 8.20. The Balaban J connectivity index is 0.000000303. The summed E-state index contributed by atoms with van der Waals surface area (Å²) in [6, 6.07) is 12.1. The van der Waals surface area contributed by atoms with Gasteiger partial charge in [-0.3, -0.25) is 14.4 Å². The second kappa shape index (κ2) is 11.7. The molecule has 2 N–H and O–H groups in total. The van der Waals surface area contributed by atoms with Gasteiger partial charge in [-0.1, -0.05) is 17.7 Å². The Bertz CT molecular complexity index is 1300. The first-order chi connectivity index (χ1) is 17.1. The molecule has 1 aliphatic rings. The van der Waals surface area contributed by atoms with Gasteiger partial charge in [-0.2, -0.15) is 5.10 Å². The number of halogens is 4. The molecule has 2 heterocycles. The summed E-state index contributed by atoms with van der Waals surface area (Å²) in [4.78, 5) is 36.3. The van der Waals surface area contributed by atoms with Crippen LogP contribution in [0, 0.1) is 5.82 Å². The number of hydrogen-bond donors (Lipinski definition) is 1. The fourth-order valence-electron chi connectivity index (χ4n) is 3.64. The maximum atomic E-state index is 14.3. The molecular formula is C24H22ClF3N4O4. The van der Waals surface area contributed by atoms with Crippen molar-refractivity contribution in [2.45, 2.75) is 25.3 Å². The number of nitrogens with two attached hydrogens (primary N) is 1. The normalized spacial score (nSPS) is 15.0. The lowest BCUT2D eigenvalue weighted by molar-refractivity contribution is -0.117. The van der Waals surface area contributed by atoms with Gasteiger partial charge in [0.2, 0.25) is 11.8 Å².